The fraction of sp³-hybridized carbons (Fsp3) is 0.469. The molecule has 12 nitrogen and oxygen atoms in total. The maximum absolute atomic E-state index is 13.3. The molecule has 1 saturated heterocycles. The van der Waals surface area contributed by atoms with Crippen LogP contribution < -0.4 is 16.0 Å². The fourth-order valence-corrected chi connectivity index (χ4v) is 7.08. The van der Waals surface area contributed by atoms with Crippen LogP contribution in [-0.2, 0) is 23.1 Å². The average Bonchev–Trinajstić information content (AvgIpc) is 3.56. The van der Waals surface area contributed by atoms with E-state index >= 15 is 0 Å². The van der Waals surface area contributed by atoms with Gasteiger partial charge in [-0.3, -0.25) is 14.4 Å². The number of aromatic nitrogens is 4. The Kier molecular flexibility index (Phi) is 8.14. The number of carbonyl (C=O) groups excluding carboxylic acids is 3. The molecule has 0 radical (unpaired) electrons. The molecule has 0 spiro atoms. The van der Waals surface area contributed by atoms with Gasteiger partial charge >= 0.3 is 0 Å². The molecule has 2 aromatic carbocycles. The van der Waals surface area contributed by atoms with Crippen molar-refractivity contribution in [1.29, 1.82) is 5.26 Å². The topological polar surface area (TPSA) is 169 Å². The first-order valence-electron chi connectivity index (χ1n) is 15.3. The molecule has 0 unspecified atom stereocenters. The zero-order valence-electron chi connectivity index (χ0n) is 25.0. The van der Waals surface area contributed by atoms with Crippen molar-refractivity contribution in [3.63, 3.8) is 0 Å². The maximum atomic E-state index is 13.3. The predicted molar refractivity (Wildman–Crippen MR) is 161 cm³/mol. The first-order chi connectivity index (χ1) is 21.4. The van der Waals surface area contributed by atoms with Crippen LogP contribution in [0.2, 0.25) is 0 Å². The van der Waals surface area contributed by atoms with Crippen molar-refractivity contribution < 1.29 is 14.4 Å². The number of hydrogen-bond donors (Lipinski definition) is 4. The number of tetrazole rings is 1. The molecule has 44 heavy (non-hydrogen) atoms. The van der Waals surface area contributed by atoms with Gasteiger partial charge in [0.2, 0.25) is 5.91 Å². The number of likely N-dealkylation sites (tertiary alicyclic amines) is 1. The summed E-state index contributed by atoms with van der Waals surface area (Å²) in [7, 11) is 3.23. The van der Waals surface area contributed by atoms with Gasteiger partial charge in [0.25, 0.3) is 11.8 Å². The largest absolute Gasteiger partial charge is 0.355 e. The number of nitrogens with zero attached hydrogens (tertiary/aromatic N) is 5. The lowest BCUT2D eigenvalue weighted by molar-refractivity contribution is -0.130. The van der Waals surface area contributed by atoms with E-state index in [2.05, 4.69) is 42.6 Å². The maximum Gasteiger partial charge on any atom is 0.251 e. The Hall–Kier alpha value is -4.63. The Bertz CT molecular complexity index is 1540. The van der Waals surface area contributed by atoms with E-state index in [0.29, 0.717) is 55.1 Å². The van der Waals surface area contributed by atoms with Crippen LogP contribution in [0.4, 0.5) is 0 Å². The zero-order valence-corrected chi connectivity index (χ0v) is 25.0. The molecule has 2 aliphatic carbocycles. The number of fused-ring (bicyclic) bond motifs is 2. The fourth-order valence-electron chi connectivity index (χ4n) is 7.08. The molecule has 4 N–H and O–H groups in total. The van der Waals surface area contributed by atoms with Crippen LogP contribution >= 0.6 is 0 Å². The van der Waals surface area contributed by atoms with Gasteiger partial charge in [0, 0.05) is 37.8 Å². The van der Waals surface area contributed by atoms with E-state index in [4.69, 9.17) is 0 Å². The molecule has 3 aliphatic rings. The third-order valence-corrected chi connectivity index (χ3v) is 9.48. The van der Waals surface area contributed by atoms with E-state index in [0.717, 1.165) is 41.5 Å². The summed E-state index contributed by atoms with van der Waals surface area (Å²) in [5.74, 6) is 0.507. The summed E-state index contributed by atoms with van der Waals surface area (Å²) in [4.78, 5) is 40.3. The Labute approximate surface area is 256 Å². The molecule has 3 aromatic rings. The average molecular weight is 596 g/mol. The molecule has 3 amide bonds. The quantitative estimate of drug-likeness (QED) is 0.289. The molecule has 1 saturated carbocycles. The van der Waals surface area contributed by atoms with Crippen molar-refractivity contribution in [3.8, 4) is 6.07 Å². The summed E-state index contributed by atoms with van der Waals surface area (Å²) in [6.07, 6.45) is 5.46. The summed E-state index contributed by atoms with van der Waals surface area (Å²) < 4.78 is 0. The van der Waals surface area contributed by atoms with Gasteiger partial charge in [0.05, 0.1) is 18.0 Å². The van der Waals surface area contributed by atoms with Crippen molar-refractivity contribution >= 4 is 17.7 Å². The number of hydrogen-bond acceptors (Lipinski definition) is 8. The lowest BCUT2D eigenvalue weighted by atomic mass is 9.67. The van der Waals surface area contributed by atoms with Gasteiger partial charge < -0.3 is 20.9 Å². The van der Waals surface area contributed by atoms with E-state index in [1.54, 1.807) is 19.0 Å². The lowest BCUT2D eigenvalue weighted by Crippen LogP contribution is -2.47. The van der Waals surface area contributed by atoms with Crippen LogP contribution in [0.15, 0.2) is 36.4 Å². The summed E-state index contributed by atoms with van der Waals surface area (Å²) >= 11 is 0. The molecule has 1 aliphatic heterocycles. The van der Waals surface area contributed by atoms with Crippen LogP contribution in [0, 0.1) is 17.2 Å². The number of aromatic amines is 1. The first-order valence-corrected chi connectivity index (χ1v) is 15.3. The highest BCUT2D eigenvalue weighted by molar-refractivity contribution is 5.95. The van der Waals surface area contributed by atoms with Crippen molar-refractivity contribution in [1.82, 2.24) is 41.5 Å². The minimum absolute atomic E-state index is 0.0665. The van der Waals surface area contributed by atoms with Gasteiger partial charge in [-0.1, -0.05) is 12.1 Å². The molecule has 228 valence electrons. The van der Waals surface area contributed by atoms with Crippen molar-refractivity contribution in [2.24, 2.45) is 5.92 Å². The summed E-state index contributed by atoms with van der Waals surface area (Å²) in [5.41, 5.74) is 4.23. The first kappa shape index (κ1) is 29.4. The van der Waals surface area contributed by atoms with E-state index in [-0.39, 0.29) is 36.3 Å². The van der Waals surface area contributed by atoms with Crippen molar-refractivity contribution in [3.05, 3.63) is 75.6 Å². The van der Waals surface area contributed by atoms with Crippen LogP contribution in [0.3, 0.4) is 0 Å². The van der Waals surface area contributed by atoms with Gasteiger partial charge in [-0.2, -0.15) is 5.26 Å². The molecule has 2 fully saturated rings. The van der Waals surface area contributed by atoms with Crippen molar-refractivity contribution in [2.75, 3.05) is 27.2 Å². The predicted octanol–water partition coefficient (Wildman–Crippen LogP) is 1.62. The second-order valence-electron chi connectivity index (χ2n) is 12.0. The van der Waals surface area contributed by atoms with Gasteiger partial charge in [0.15, 0.2) is 5.82 Å². The molecule has 12 heteroatoms. The Morgan fingerprint density at radius 1 is 1.02 bits per heavy atom. The van der Waals surface area contributed by atoms with Crippen LogP contribution in [0.1, 0.15) is 80.9 Å². The minimum atomic E-state index is -0.862. The van der Waals surface area contributed by atoms with Gasteiger partial charge in [0.1, 0.15) is 6.04 Å². The third kappa shape index (κ3) is 5.32. The van der Waals surface area contributed by atoms with Crippen LogP contribution in [-0.4, -0.2) is 82.5 Å². The summed E-state index contributed by atoms with van der Waals surface area (Å²) in [5, 5.41) is 34.1. The third-order valence-electron chi connectivity index (χ3n) is 9.48. The highest BCUT2D eigenvalue weighted by atomic mass is 16.2. The Morgan fingerprint density at radius 2 is 1.66 bits per heavy atom. The van der Waals surface area contributed by atoms with E-state index in [9.17, 15) is 19.6 Å². The van der Waals surface area contributed by atoms with E-state index < -0.39 is 5.41 Å². The number of nitrogens with one attached hydrogen (secondary N) is 4. The highest BCUT2D eigenvalue weighted by Crippen LogP contribution is 2.49. The second-order valence-corrected chi connectivity index (χ2v) is 12.0. The summed E-state index contributed by atoms with van der Waals surface area (Å²) in [6.45, 7) is 0.734. The number of rotatable bonds is 9. The number of H-pyrrole nitrogens is 1. The van der Waals surface area contributed by atoms with Crippen LogP contribution in [0.5, 0.6) is 0 Å². The number of amides is 3. The zero-order chi connectivity index (χ0) is 30.8. The molecule has 2 heterocycles. The van der Waals surface area contributed by atoms with Gasteiger partial charge in [-0.25, -0.2) is 5.10 Å². The monoisotopic (exact) mass is 595 g/mol. The van der Waals surface area contributed by atoms with Crippen molar-refractivity contribution in [2.45, 2.75) is 62.4 Å². The van der Waals surface area contributed by atoms with E-state index in [1.165, 1.54) is 0 Å². The SMILES string of the molecule is CNC(=O)c1ccc2c(c1)CCc1cc(C(=O)NC)ccc1C2(C[C@@H](NCC(=O)N1CCC[C@H]1C#N)C1CC1)c1nnn[nH]1. The number of aryl methyl sites for hydroxylation is 2. The number of benzene rings is 2. The van der Waals surface area contributed by atoms with Gasteiger partial charge in [-0.15, -0.1) is 5.10 Å². The second kappa shape index (κ2) is 12.2. The smallest absolute Gasteiger partial charge is 0.251 e. The van der Waals surface area contributed by atoms with Crippen LogP contribution in [0.25, 0.3) is 0 Å². The number of carbonyl (C=O) groups is 3. The lowest BCUT2D eigenvalue weighted by Gasteiger charge is -2.38. The molecule has 0 bridgehead atoms. The highest BCUT2D eigenvalue weighted by Gasteiger charge is 2.48. The Morgan fingerprint density at radius 3 is 2.18 bits per heavy atom. The summed E-state index contributed by atoms with van der Waals surface area (Å²) in [6, 6.07) is 13.4. The molecule has 1 aromatic heterocycles. The minimum Gasteiger partial charge on any atom is -0.355 e. The standard InChI is InChI=1S/C32H37N9O3/c1-34-29(43)22-9-11-25-20(14-22)7-8-21-15-23(30(44)35-2)10-12-26(21)32(25,31-37-39-40-38-31)16-27(19-5-6-19)36-18-28(42)41-13-3-4-24(41)17-33/h9-12,14-15,19,24,27,36H,3-8,13,16,18H2,1-2H3,(H,34,43)(H,35,44)(H,37,38,39,40)/t24-,27+/m0/s1. The molecule has 2 atom stereocenters. The molecular weight excluding hydrogens is 558 g/mol. The van der Waals surface area contributed by atoms with E-state index in [1.807, 2.05) is 36.4 Å². The number of nitriles is 1. The Balaban J connectivity index is 1.46. The van der Waals surface area contributed by atoms with Gasteiger partial charge in [-0.05, 0) is 108 Å². The molecule has 6 rings (SSSR count). The molecular formula is C32H37N9O3. The normalized spacial score (nSPS) is 19.2.